The summed E-state index contributed by atoms with van der Waals surface area (Å²) in [5.74, 6) is -0.230. The molecule has 7 nitrogen and oxygen atoms in total. The van der Waals surface area contributed by atoms with Gasteiger partial charge in [-0.1, -0.05) is 30.3 Å². The Morgan fingerprint density at radius 2 is 1.75 bits per heavy atom. The lowest BCUT2D eigenvalue weighted by Crippen LogP contribution is -3.28. The maximum Gasteiger partial charge on any atom is 0.321 e. The number of nitrogens with one attached hydrogen (secondary N) is 4. The summed E-state index contributed by atoms with van der Waals surface area (Å²) in [6, 6.07) is 10.0. The fourth-order valence-electron chi connectivity index (χ4n) is 2.90. The summed E-state index contributed by atoms with van der Waals surface area (Å²) in [4.78, 5) is 26.2. The highest BCUT2D eigenvalue weighted by atomic mass is 16.5. The Morgan fingerprint density at radius 1 is 1.08 bits per heavy atom. The number of carbonyl (C=O) groups is 2. The number of piperazine rings is 1. The van der Waals surface area contributed by atoms with Gasteiger partial charge in [0.15, 0.2) is 6.54 Å². The molecule has 1 fully saturated rings. The van der Waals surface area contributed by atoms with Gasteiger partial charge in [-0.3, -0.25) is 10.1 Å². The van der Waals surface area contributed by atoms with E-state index < -0.39 is 6.03 Å². The van der Waals surface area contributed by atoms with E-state index in [-0.39, 0.29) is 5.91 Å². The third-order valence-electron chi connectivity index (χ3n) is 4.22. The van der Waals surface area contributed by atoms with Gasteiger partial charge in [0, 0.05) is 19.2 Å². The second-order valence-corrected chi connectivity index (χ2v) is 6.14. The lowest BCUT2D eigenvalue weighted by atomic mass is 10.2. The van der Waals surface area contributed by atoms with Crippen LogP contribution in [0.5, 0.6) is 0 Å². The minimum atomic E-state index is -0.454. The van der Waals surface area contributed by atoms with E-state index in [0.717, 1.165) is 32.7 Å². The second-order valence-electron chi connectivity index (χ2n) is 6.14. The molecule has 1 heterocycles. The Labute approximate surface area is 142 Å². The lowest BCUT2D eigenvalue weighted by Gasteiger charge is -2.29. The number of urea groups is 1. The second kappa shape index (κ2) is 10.0. The number of amides is 3. The van der Waals surface area contributed by atoms with Crippen molar-refractivity contribution in [1.82, 2.24) is 10.6 Å². The van der Waals surface area contributed by atoms with Crippen molar-refractivity contribution >= 4 is 11.9 Å². The molecule has 132 valence electrons. The number of rotatable bonds is 7. The van der Waals surface area contributed by atoms with E-state index in [0.29, 0.717) is 19.7 Å². The molecule has 1 aromatic carbocycles. The molecule has 1 saturated heterocycles. The molecule has 0 radical (unpaired) electrons. The molecule has 24 heavy (non-hydrogen) atoms. The average molecular weight is 336 g/mol. The molecule has 1 aliphatic rings. The van der Waals surface area contributed by atoms with Crippen LogP contribution in [0.15, 0.2) is 30.3 Å². The molecule has 0 bridgehead atoms. The summed E-state index contributed by atoms with van der Waals surface area (Å²) >= 11 is 0. The van der Waals surface area contributed by atoms with Crippen LogP contribution in [-0.4, -0.2) is 64.9 Å². The molecular formula is C17H28N4O3+2. The molecule has 0 unspecified atom stereocenters. The zero-order valence-electron chi connectivity index (χ0n) is 14.3. The summed E-state index contributed by atoms with van der Waals surface area (Å²) in [5.41, 5.74) is 1.35. The van der Waals surface area contributed by atoms with Gasteiger partial charge in [-0.2, -0.15) is 0 Å². The van der Waals surface area contributed by atoms with Gasteiger partial charge in [0.25, 0.3) is 5.91 Å². The topological polar surface area (TPSA) is 76.3 Å². The summed E-state index contributed by atoms with van der Waals surface area (Å²) in [6.45, 7) is 6.17. The SMILES string of the molecule is COCCNC(=O)NC(=O)C[NH+]1CC[NH+](Cc2ccccc2)CC1. The number of ether oxygens (including phenoxy) is 1. The van der Waals surface area contributed by atoms with Crippen LogP contribution >= 0.6 is 0 Å². The third-order valence-corrected chi connectivity index (χ3v) is 4.22. The van der Waals surface area contributed by atoms with Crippen LogP contribution in [0.2, 0.25) is 0 Å². The number of quaternary nitrogens is 2. The lowest BCUT2D eigenvalue weighted by molar-refractivity contribution is -1.02. The van der Waals surface area contributed by atoms with Gasteiger partial charge in [-0.25, -0.2) is 4.79 Å². The first-order valence-electron chi connectivity index (χ1n) is 8.45. The number of hydrogen-bond acceptors (Lipinski definition) is 3. The number of methoxy groups -OCH3 is 1. The molecule has 7 heteroatoms. The van der Waals surface area contributed by atoms with E-state index in [2.05, 4.69) is 34.9 Å². The minimum absolute atomic E-state index is 0.230. The van der Waals surface area contributed by atoms with Crippen molar-refractivity contribution in [3.8, 4) is 0 Å². The van der Waals surface area contributed by atoms with Crippen molar-refractivity contribution in [3.63, 3.8) is 0 Å². The highest BCUT2D eigenvalue weighted by molar-refractivity contribution is 5.94. The number of carbonyl (C=O) groups excluding carboxylic acids is 2. The van der Waals surface area contributed by atoms with Crippen molar-refractivity contribution < 1.29 is 24.1 Å². The van der Waals surface area contributed by atoms with Gasteiger partial charge in [-0.15, -0.1) is 0 Å². The summed E-state index contributed by atoms with van der Waals surface area (Å²) in [6.07, 6.45) is 0. The van der Waals surface area contributed by atoms with Crippen LogP contribution in [0.4, 0.5) is 4.79 Å². The molecule has 0 aliphatic carbocycles. The maximum absolute atomic E-state index is 11.9. The molecule has 0 aromatic heterocycles. The molecule has 1 aliphatic heterocycles. The average Bonchev–Trinajstić information content (AvgIpc) is 2.58. The number of imide groups is 1. The molecule has 0 atom stereocenters. The number of hydrogen-bond donors (Lipinski definition) is 4. The number of benzene rings is 1. The van der Waals surface area contributed by atoms with E-state index in [1.54, 1.807) is 12.0 Å². The monoisotopic (exact) mass is 336 g/mol. The molecule has 0 spiro atoms. The van der Waals surface area contributed by atoms with E-state index in [4.69, 9.17) is 4.74 Å². The first-order chi connectivity index (χ1) is 11.7. The van der Waals surface area contributed by atoms with Gasteiger partial charge in [0.1, 0.15) is 32.7 Å². The summed E-state index contributed by atoms with van der Waals surface area (Å²) < 4.78 is 4.84. The van der Waals surface area contributed by atoms with Crippen molar-refractivity contribution in [2.75, 3.05) is 53.0 Å². The van der Waals surface area contributed by atoms with Gasteiger partial charge < -0.3 is 19.9 Å². The zero-order chi connectivity index (χ0) is 17.2. The predicted octanol–water partition coefficient (Wildman–Crippen LogP) is -2.56. The van der Waals surface area contributed by atoms with E-state index in [1.165, 1.54) is 10.5 Å². The van der Waals surface area contributed by atoms with Crippen LogP contribution in [-0.2, 0) is 16.1 Å². The molecule has 4 N–H and O–H groups in total. The fraction of sp³-hybridized carbons (Fsp3) is 0.529. The van der Waals surface area contributed by atoms with E-state index >= 15 is 0 Å². The molecule has 2 rings (SSSR count). The quantitative estimate of drug-likeness (QED) is 0.414. The first-order valence-corrected chi connectivity index (χ1v) is 8.45. The Bertz CT molecular complexity index is 516. The standard InChI is InChI=1S/C17H26N4O3/c1-24-12-7-18-17(23)19-16(22)14-21-10-8-20(9-11-21)13-15-5-3-2-4-6-15/h2-6H,7-14H2,1H3,(H2,18,19,22,23)/p+2. The van der Waals surface area contributed by atoms with E-state index in [9.17, 15) is 9.59 Å². The fourth-order valence-corrected chi connectivity index (χ4v) is 2.90. The van der Waals surface area contributed by atoms with E-state index in [1.807, 2.05) is 6.07 Å². The van der Waals surface area contributed by atoms with Crippen molar-refractivity contribution in [1.29, 1.82) is 0 Å². The normalized spacial score (nSPS) is 20.4. The molecule has 0 saturated carbocycles. The van der Waals surface area contributed by atoms with Gasteiger partial charge in [0.2, 0.25) is 0 Å². The highest BCUT2D eigenvalue weighted by Crippen LogP contribution is 1.95. The van der Waals surface area contributed by atoms with Crippen molar-refractivity contribution in [2.45, 2.75) is 6.54 Å². The predicted molar refractivity (Wildman–Crippen MR) is 89.8 cm³/mol. The first kappa shape index (κ1) is 18.4. The third kappa shape index (κ3) is 6.66. The van der Waals surface area contributed by atoms with Crippen LogP contribution in [0.3, 0.4) is 0 Å². The van der Waals surface area contributed by atoms with Crippen LogP contribution < -0.4 is 20.4 Å². The Kier molecular flexibility index (Phi) is 7.67. The smallest absolute Gasteiger partial charge is 0.321 e. The summed E-state index contributed by atoms with van der Waals surface area (Å²) in [5, 5.41) is 4.94. The Balaban J connectivity index is 1.63. The Hall–Kier alpha value is -1.96. The largest absolute Gasteiger partial charge is 0.383 e. The van der Waals surface area contributed by atoms with Gasteiger partial charge in [-0.05, 0) is 0 Å². The zero-order valence-corrected chi connectivity index (χ0v) is 14.3. The Morgan fingerprint density at radius 3 is 2.42 bits per heavy atom. The maximum atomic E-state index is 11.9. The molecule has 3 amide bonds. The van der Waals surface area contributed by atoms with Crippen LogP contribution in [0.25, 0.3) is 0 Å². The van der Waals surface area contributed by atoms with Crippen LogP contribution in [0.1, 0.15) is 5.56 Å². The van der Waals surface area contributed by atoms with Gasteiger partial charge >= 0.3 is 6.03 Å². The van der Waals surface area contributed by atoms with Crippen molar-refractivity contribution in [3.05, 3.63) is 35.9 Å². The van der Waals surface area contributed by atoms with Gasteiger partial charge in [0.05, 0.1) is 6.61 Å². The highest BCUT2D eigenvalue weighted by Gasteiger charge is 2.25. The van der Waals surface area contributed by atoms with Crippen LogP contribution in [0, 0.1) is 0 Å². The minimum Gasteiger partial charge on any atom is -0.383 e. The molecule has 1 aromatic rings. The van der Waals surface area contributed by atoms with Crippen molar-refractivity contribution in [2.24, 2.45) is 0 Å². The summed E-state index contributed by atoms with van der Waals surface area (Å²) in [7, 11) is 1.56. The molecular weight excluding hydrogens is 308 g/mol.